The molecule has 3 rings (SSSR count). The van der Waals surface area contributed by atoms with Gasteiger partial charge in [-0.2, -0.15) is 0 Å². The molecule has 0 saturated heterocycles. The van der Waals surface area contributed by atoms with Gasteiger partial charge in [-0.3, -0.25) is 9.52 Å². The van der Waals surface area contributed by atoms with E-state index in [2.05, 4.69) is 10.0 Å². The Kier molecular flexibility index (Phi) is 6.42. The Morgan fingerprint density at radius 1 is 1.00 bits per heavy atom. The first-order valence-corrected chi connectivity index (χ1v) is 11.0. The maximum absolute atomic E-state index is 13.0. The summed E-state index contributed by atoms with van der Waals surface area (Å²) < 4.78 is 33.7. The normalized spacial score (nSPS) is 11.0. The van der Waals surface area contributed by atoms with Crippen LogP contribution in [0.4, 0.5) is 11.4 Å². The van der Waals surface area contributed by atoms with Crippen molar-refractivity contribution < 1.29 is 17.9 Å². The lowest BCUT2D eigenvalue weighted by Gasteiger charge is -2.14. The highest BCUT2D eigenvalue weighted by Gasteiger charge is 2.20. The van der Waals surface area contributed by atoms with Crippen molar-refractivity contribution in [1.29, 1.82) is 0 Å². The molecule has 2 N–H and O–H groups in total. The van der Waals surface area contributed by atoms with Crippen molar-refractivity contribution in [2.75, 3.05) is 17.1 Å². The average Bonchev–Trinajstić information content (AvgIpc) is 2.75. The molecule has 0 bridgehead atoms. The van der Waals surface area contributed by atoms with Crippen LogP contribution in [-0.2, 0) is 16.4 Å². The van der Waals surface area contributed by atoms with Crippen molar-refractivity contribution >= 4 is 27.3 Å². The molecular formula is C23H24N2O4S. The summed E-state index contributed by atoms with van der Waals surface area (Å²) >= 11 is 0. The van der Waals surface area contributed by atoms with Gasteiger partial charge in [0.1, 0.15) is 5.75 Å². The highest BCUT2D eigenvalue weighted by molar-refractivity contribution is 7.92. The van der Waals surface area contributed by atoms with E-state index in [1.807, 2.05) is 19.1 Å². The highest BCUT2D eigenvalue weighted by atomic mass is 32.2. The molecule has 3 aromatic rings. The first kappa shape index (κ1) is 21.4. The SMILES string of the molecule is CCc1ccc(C(=O)Nc2ccc(C)c(S(=O)(=O)Nc3ccccc3OC)c2)cc1. The highest BCUT2D eigenvalue weighted by Crippen LogP contribution is 2.28. The fourth-order valence-corrected chi connectivity index (χ4v) is 4.33. The number of carbonyl (C=O) groups is 1. The third-order valence-electron chi connectivity index (χ3n) is 4.71. The smallest absolute Gasteiger partial charge is 0.262 e. The summed E-state index contributed by atoms with van der Waals surface area (Å²) in [6.07, 6.45) is 0.889. The Hall–Kier alpha value is -3.32. The Morgan fingerprint density at radius 3 is 2.37 bits per heavy atom. The molecular weight excluding hydrogens is 400 g/mol. The number of anilines is 2. The zero-order chi connectivity index (χ0) is 21.7. The van der Waals surface area contributed by atoms with Crippen LogP contribution < -0.4 is 14.8 Å². The molecule has 156 valence electrons. The van der Waals surface area contributed by atoms with E-state index in [0.29, 0.717) is 28.3 Å². The van der Waals surface area contributed by atoms with E-state index in [1.165, 1.54) is 13.2 Å². The van der Waals surface area contributed by atoms with Crippen LogP contribution in [0.25, 0.3) is 0 Å². The maximum Gasteiger partial charge on any atom is 0.262 e. The van der Waals surface area contributed by atoms with Gasteiger partial charge in [-0.25, -0.2) is 8.42 Å². The molecule has 0 heterocycles. The molecule has 0 unspecified atom stereocenters. The monoisotopic (exact) mass is 424 g/mol. The number of methoxy groups -OCH3 is 1. The lowest BCUT2D eigenvalue weighted by molar-refractivity contribution is 0.102. The van der Waals surface area contributed by atoms with Crippen molar-refractivity contribution in [3.05, 3.63) is 83.4 Å². The molecule has 0 aliphatic rings. The second kappa shape index (κ2) is 9.00. The van der Waals surface area contributed by atoms with Gasteiger partial charge in [-0.15, -0.1) is 0 Å². The Balaban J connectivity index is 1.86. The van der Waals surface area contributed by atoms with Crippen LogP contribution in [0.15, 0.2) is 71.6 Å². The fraction of sp³-hybridized carbons (Fsp3) is 0.174. The zero-order valence-electron chi connectivity index (χ0n) is 17.1. The Bertz CT molecular complexity index is 1160. The van der Waals surface area contributed by atoms with Crippen LogP contribution >= 0.6 is 0 Å². The van der Waals surface area contributed by atoms with Crippen LogP contribution in [0.1, 0.15) is 28.4 Å². The molecule has 0 aliphatic heterocycles. The van der Waals surface area contributed by atoms with Crippen molar-refractivity contribution in [2.45, 2.75) is 25.2 Å². The number of ether oxygens (including phenoxy) is 1. The van der Waals surface area contributed by atoms with Crippen LogP contribution in [0, 0.1) is 6.92 Å². The second-order valence-corrected chi connectivity index (χ2v) is 8.44. The molecule has 30 heavy (non-hydrogen) atoms. The standard InChI is InChI=1S/C23H24N2O4S/c1-4-17-10-12-18(13-11-17)23(26)24-19-14-9-16(2)22(15-19)30(27,28)25-20-7-5-6-8-21(20)29-3/h5-15,25H,4H2,1-3H3,(H,24,26). The molecule has 6 nitrogen and oxygen atoms in total. The molecule has 3 aromatic carbocycles. The van der Waals surface area contributed by atoms with Crippen molar-refractivity contribution in [2.24, 2.45) is 0 Å². The van der Waals surface area contributed by atoms with Gasteiger partial charge in [0.05, 0.1) is 17.7 Å². The Morgan fingerprint density at radius 2 is 1.70 bits per heavy atom. The molecule has 0 spiro atoms. The van der Waals surface area contributed by atoms with E-state index in [-0.39, 0.29) is 10.8 Å². The minimum atomic E-state index is -3.89. The van der Waals surface area contributed by atoms with E-state index in [0.717, 1.165) is 12.0 Å². The lowest BCUT2D eigenvalue weighted by atomic mass is 10.1. The summed E-state index contributed by atoms with van der Waals surface area (Å²) in [5.41, 5.74) is 2.93. The van der Waals surface area contributed by atoms with Gasteiger partial charge in [0.2, 0.25) is 0 Å². The van der Waals surface area contributed by atoms with E-state index >= 15 is 0 Å². The van der Waals surface area contributed by atoms with Crippen LogP contribution in [-0.4, -0.2) is 21.4 Å². The predicted molar refractivity (Wildman–Crippen MR) is 119 cm³/mol. The number of hydrogen-bond acceptors (Lipinski definition) is 4. The molecule has 0 radical (unpaired) electrons. The topological polar surface area (TPSA) is 84.5 Å². The number of aryl methyl sites for hydroxylation is 2. The average molecular weight is 425 g/mol. The number of nitrogens with one attached hydrogen (secondary N) is 2. The summed E-state index contributed by atoms with van der Waals surface area (Å²) in [7, 11) is -2.42. The zero-order valence-corrected chi connectivity index (χ0v) is 17.9. The van der Waals surface area contributed by atoms with Gasteiger partial charge < -0.3 is 10.1 Å². The summed E-state index contributed by atoms with van der Waals surface area (Å²) in [6.45, 7) is 3.74. The molecule has 0 aromatic heterocycles. The summed E-state index contributed by atoms with van der Waals surface area (Å²) in [5.74, 6) is 0.112. The Labute approximate surface area is 177 Å². The van der Waals surface area contributed by atoms with E-state index in [9.17, 15) is 13.2 Å². The third-order valence-corrected chi connectivity index (χ3v) is 6.22. The number of hydrogen-bond donors (Lipinski definition) is 2. The van der Waals surface area contributed by atoms with Gasteiger partial charge in [-0.1, -0.05) is 37.3 Å². The minimum Gasteiger partial charge on any atom is -0.495 e. The third kappa shape index (κ3) is 4.80. The lowest BCUT2D eigenvalue weighted by Crippen LogP contribution is -2.16. The number of benzene rings is 3. The number of carbonyl (C=O) groups excluding carboxylic acids is 1. The summed E-state index contributed by atoms with van der Waals surface area (Å²) in [5, 5.41) is 2.77. The predicted octanol–water partition coefficient (Wildman–Crippen LogP) is 4.62. The molecule has 0 atom stereocenters. The van der Waals surface area contributed by atoms with Gasteiger partial charge in [0.25, 0.3) is 15.9 Å². The van der Waals surface area contributed by atoms with Gasteiger partial charge in [-0.05, 0) is 60.9 Å². The maximum atomic E-state index is 13.0. The van der Waals surface area contributed by atoms with E-state index in [1.54, 1.807) is 55.5 Å². The first-order valence-electron chi connectivity index (χ1n) is 9.51. The van der Waals surface area contributed by atoms with Crippen LogP contribution in [0.5, 0.6) is 5.75 Å². The fourth-order valence-electron chi connectivity index (χ4n) is 2.99. The van der Waals surface area contributed by atoms with Gasteiger partial charge in [0.15, 0.2) is 0 Å². The molecule has 0 fully saturated rings. The van der Waals surface area contributed by atoms with E-state index < -0.39 is 10.0 Å². The van der Waals surface area contributed by atoms with Gasteiger partial charge in [0, 0.05) is 11.3 Å². The first-order chi connectivity index (χ1) is 14.3. The number of para-hydroxylation sites is 2. The van der Waals surface area contributed by atoms with Crippen molar-refractivity contribution in [3.8, 4) is 5.75 Å². The quantitative estimate of drug-likeness (QED) is 0.580. The molecule has 1 amide bonds. The largest absolute Gasteiger partial charge is 0.495 e. The van der Waals surface area contributed by atoms with Gasteiger partial charge >= 0.3 is 0 Å². The molecule has 0 saturated carbocycles. The van der Waals surface area contributed by atoms with Crippen LogP contribution in [0.3, 0.4) is 0 Å². The number of sulfonamides is 1. The van der Waals surface area contributed by atoms with Crippen LogP contribution in [0.2, 0.25) is 0 Å². The number of amides is 1. The van der Waals surface area contributed by atoms with E-state index in [4.69, 9.17) is 4.74 Å². The minimum absolute atomic E-state index is 0.0764. The molecule has 7 heteroatoms. The summed E-state index contributed by atoms with van der Waals surface area (Å²) in [4.78, 5) is 12.6. The van der Waals surface area contributed by atoms with Crippen molar-refractivity contribution in [3.63, 3.8) is 0 Å². The molecule has 0 aliphatic carbocycles. The number of rotatable bonds is 7. The summed E-state index contributed by atoms with van der Waals surface area (Å²) in [6, 6.07) is 18.9. The van der Waals surface area contributed by atoms with Crippen molar-refractivity contribution in [1.82, 2.24) is 0 Å². The second-order valence-electron chi connectivity index (χ2n) is 6.79.